The Kier molecular flexibility index (Phi) is 3.18. The van der Waals surface area contributed by atoms with Crippen LogP contribution in [0, 0.1) is 0 Å². The Hall–Kier alpha value is -0.120. The van der Waals surface area contributed by atoms with Crippen molar-refractivity contribution in [2.45, 2.75) is 68.7 Å². The molecule has 2 saturated carbocycles. The van der Waals surface area contributed by atoms with Crippen molar-refractivity contribution in [3.8, 4) is 0 Å². The Morgan fingerprint density at radius 3 is 2.18 bits per heavy atom. The highest BCUT2D eigenvalue weighted by atomic mass is 16.5. The summed E-state index contributed by atoms with van der Waals surface area (Å²) in [6.07, 6.45) is 10.3. The summed E-state index contributed by atoms with van der Waals surface area (Å²) < 4.78 is 12.1. The van der Waals surface area contributed by atoms with Gasteiger partial charge in [-0.3, -0.25) is 0 Å². The lowest BCUT2D eigenvalue weighted by atomic mass is 9.80. The summed E-state index contributed by atoms with van der Waals surface area (Å²) >= 11 is 0. The molecule has 3 fully saturated rings. The van der Waals surface area contributed by atoms with Crippen LogP contribution in [-0.4, -0.2) is 37.5 Å². The zero-order chi connectivity index (χ0) is 11.8. The first-order valence-electron chi connectivity index (χ1n) is 7.20. The van der Waals surface area contributed by atoms with Crippen LogP contribution < -0.4 is 5.32 Å². The normalized spacial score (nSPS) is 41.1. The molecule has 2 spiro atoms. The van der Waals surface area contributed by atoms with Gasteiger partial charge in [0.05, 0.1) is 17.3 Å². The van der Waals surface area contributed by atoms with E-state index in [9.17, 15) is 0 Å². The molecule has 17 heavy (non-hydrogen) atoms. The molecule has 2 aliphatic carbocycles. The van der Waals surface area contributed by atoms with E-state index in [0.29, 0.717) is 6.10 Å². The summed E-state index contributed by atoms with van der Waals surface area (Å²) in [6, 6.07) is 0. The van der Waals surface area contributed by atoms with E-state index in [1.165, 1.54) is 38.5 Å². The van der Waals surface area contributed by atoms with Crippen molar-refractivity contribution < 1.29 is 9.47 Å². The summed E-state index contributed by atoms with van der Waals surface area (Å²) in [5, 5.41) is 3.65. The minimum absolute atomic E-state index is 0.123. The molecule has 0 aromatic carbocycles. The van der Waals surface area contributed by atoms with Crippen molar-refractivity contribution in [3.05, 3.63) is 0 Å². The van der Waals surface area contributed by atoms with E-state index >= 15 is 0 Å². The molecule has 1 saturated heterocycles. The van der Waals surface area contributed by atoms with Crippen molar-refractivity contribution in [1.29, 1.82) is 0 Å². The lowest BCUT2D eigenvalue weighted by Crippen LogP contribution is -2.60. The van der Waals surface area contributed by atoms with Gasteiger partial charge in [-0.2, -0.15) is 0 Å². The zero-order valence-corrected chi connectivity index (χ0v) is 11.0. The van der Waals surface area contributed by atoms with Crippen LogP contribution in [0.15, 0.2) is 0 Å². The fraction of sp³-hybridized carbons (Fsp3) is 1.00. The smallest absolute Gasteiger partial charge is 0.0816 e. The monoisotopic (exact) mass is 239 g/mol. The second-order valence-electron chi connectivity index (χ2n) is 6.21. The summed E-state index contributed by atoms with van der Waals surface area (Å²) in [7, 11) is 1.83. The molecule has 3 rings (SSSR count). The zero-order valence-electron chi connectivity index (χ0n) is 11.0. The molecule has 0 radical (unpaired) electrons. The largest absolute Gasteiger partial charge is 0.381 e. The highest BCUT2D eigenvalue weighted by molar-refractivity contribution is 5.01. The molecule has 3 heteroatoms. The predicted molar refractivity (Wildman–Crippen MR) is 67.1 cm³/mol. The average molecular weight is 239 g/mol. The first-order valence-corrected chi connectivity index (χ1v) is 7.20. The van der Waals surface area contributed by atoms with Crippen molar-refractivity contribution in [3.63, 3.8) is 0 Å². The molecular weight excluding hydrogens is 214 g/mol. The van der Waals surface area contributed by atoms with Gasteiger partial charge in [0, 0.05) is 20.2 Å². The molecule has 0 bridgehead atoms. The number of nitrogens with one attached hydrogen (secondary N) is 1. The minimum Gasteiger partial charge on any atom is -0.381 e. The first kappa shape index (κ1) is 11.9. The number of methoxy groups -OCH3 is 1. The lowest BCUT2D eigenvalue weighted by molar-refractivity contribution is -0.196. The van der Waals surface area contributed by atoms with Gasteiger partial charge in [0.2, 0.25) is 0 Å². The molecule has 0 atom stereocenters. The number of hydrogen-bond donors (Lipinski definition) is 1. The third-order valence-corrected chi connectivity index (χ3v) is 5.02. The van der Waals surface area contributed by atoms with Gasteiger partial charge in [0.25, 0.3) is 0 Å². The topological polar surface area (TPSA) is 30.5 Å². The molecule has 0 aromatic rings. The van der Waals surface area contributed by atoms with E-state index in [1.807, 2.05) is 7.11 Å². The van der Waals surface area contributed by atoms with Crippen LogP contribution in [0.2, 0.25) is 0 Å². The average Bonchev–Trinajstić information content (AvgIpc) is 2.78. The predicted octanol–water partition coefficient (Wildman–Crippen LogP) is 2.25. The Balaban J connectivity index is 1.67. The summed E-state index contributed by atoms with van der Waals surface area (Å²) in [4.78, 5) is 0. The van der Waals surface area contributed by atoms with Crippen LogP contribution in [-0.2, 0) is 9.47 Å². The molecule has 0 amide bonds. The molecule has 98 valence electrons. The standard InChI is InChI=1S/C14H25NO2/c1-16-12-4-8-14(9-5-12)11-15-10-13(17-14)6-2-3-7-13/h12,15H,2-11H2,1H3. The maximum absolute atomic E-state index is 6.64. The highest BCUT2D eigenvalue weighted by Gasteiger charge is 2.48. The van der Waals surface area contributed by atoms with Crippen LogP contribution in [0.1, 0.15) is 51.4 Å². The maximum Gasteiger partial charge on any atom is 0.0816 e. The third kappa shape index (κ3) is 2.25. The van der Waals surface area contributed by atoms with Gasteiger partial charge in [0.1, 0.15) is 0 Å². The van der Waals surface area contributed by atoms with Crippen molar-refractivity contribution in [1.82, 2.24) is 5.32 Å². The van der Waals surface area contributed by atoms with E-state index in [-0.39, 0.29) is 11.2 Å². The molecule has 1 heterocycles. The van der Waals surface area contributed by atoms with E-state index in [4.69, 9.17) is 9.47 Å². The van der Waals surface area contributed by atoms with Crippen LogP contribution in [0.25, 0.3) is 0 Å². The molecule has 1 aliphatic heterocycles. The lowest BCUT2D eigenvalue weighted by Gasteiger charge is -2.50. The summed E-state index contributed by atoms with van der Waals surface area (Å²) in [6.45, 7) is 2.12. The van der Waals surface area contributed by atoms with E-state index in [0.717, 1.165) is 25.9 Å². The van der Waals surface area contributed by atoms with E-state index in [1.54, 1.807) is 0 Å². The minimum atomic E-state index is 0.123. The van der Waals surface area contributed by atoms with Gasteiger partial charge in [-0.1, -0.05) is 12.8 Å². The van der Waals surface area contributed by atoms with Crippen LogP contribution >= 0.6 is 0 Å². The highest BCUT2D eigenvalue weighted by Crippen LogP contribution is 2.43. The van der Waals surface area contributed by atoms with Gasteiger partial charge in [-0.05, 0) is 38.5 Å². The number of ether oxygens (including phenoxy) is 2. The third-order valence-electron chi connectivity index (χ3n) is 5.02. The van der Waals surface area contributed by atoms with Gasteiger partial charge < -0.3 is 14.8 Å². The number of hydrogen-bond acceptors (Lipinski definition) is 3. The number of morpholine rings is 1. The second-order valence-corrected chi connectivity index (χ2v) is 6.21. The van der Waals surface area contributed by atoms with Gasteiger partial charge in [-0.15, -0.1) is 0 Å². The molecule has 3 aliphatic rings. The van der Waals surface area contributed by atoms with Crippen molar-refractivity contribution >= 4 is 0 Å². The van der Waals surface area contributed by atoms with Crippen molar-refractivity contribution in [2.24, 2.45) is 0 Å². The maximum atomic E-state index is 6.64. The molecule has 0 unspecified atom stereocenters. The molecule has 0 aromatic heterocycles. The summed E-state index contributed by atoms with van der Waals surface area (Å²) in [5.41, 5.74) is 0.301. The molecular formula is C14H25NO2. The van der Waals surface area contributed by atoms with Crippen LogP contribution in [0.5, 0.6) is 0 Å². The van der Waals surface area contributed by atoms with Gasteiger partial charge in [0.15, 0.2) is 0 Å². The Bertz CT molecular complexity index is 265. The van der Waals surface area contributed by atoms with E-state index in [2.05, 4.69) is 5.32 Å². The first-order chi connectivity index (χ1) is 8.26. The Morgan fingerprint density at radius 1 is 1.00 bits per heavy atom. The van der Waals surface area contributed by atoms with Gasteiger partial charge >= 0.3 is 0 Å². The second kappa shape index (κ2) is 4.52. The Labute approximate surface area is 104 Å². The number of rotatable bonds is 1. The molecule has 1 N–H and O–H groups in total. The van der Waals surface area contributed by atoms with Crippen LogP contribution in [0.4, 0.5) is 0 Å². The quantitative estimate of drug-likeness (QED) is 0.761. The SMILES string of the molecule is COC1CCC2(CC1)CNCC1(CCCC1)O2. The van der Waals surface area contributed by atoms with Crippen molar-refractivity contribution in [2.75, 3.05) is 20.2 Å². The van der Waals surface area contributed by atoms with E-state index < -0.39 is 0 Å². The molecule has 3 nitrogen and oxygen atoms in total. The fourth-order valence-electron chi connectivity index (χ4n) is 3.98. The van der Waals surface area contributed by atoms with Crippen LogP contribution in [0.3, 0.4) is 0 Å². The fourth-order valence-corrected chi connectivity index (χ4v) is 3.98. The summed E-state index contributed by atoms with van der Waals surface area (Å²) in [5.74, 6) is 0. The Morgan fingerprint density at radius 2 is 1.59 bits per heavy atom. The van der Waals surface area contributed by atoms with Gasteiger partial charge in [-0.25, -0.2) is 0 Å².